The van der Waals surface area contributed by atoms with Crippen molar-refractivity contribution in [2.45, 2.75) is 71.4 Å². The summed E-state index contributed by atoms with van der Waals surface area (Å²) in [4.78, 5) is 135. The number of aromatic nitrogens is 17. The van der Waals surface area contributed by atoms with Crippen LogP contribution in [0.3, 0.4) is 0 Å². The monoisotopic (exact) mass is 1550 g/mol. The highest BCUT2D eigenvalue weighted by molar-refractivity contribution is 8.01. The Morgan fingerprint density at radius 2 is 0.654 bits per heavy atom. The van der Waals surface area contributed by atoms with Gasteiger partial charge in [-0.05, 0) is 108 Å². The molecule has 0 saturated carbocycles. The number of aromatic carboxylic acids is 8. The van der Waals surface area contributed by atoms with Crippen LogP contribution in [0.15, 0.2) is 112 Å². The molecule has 0 bridgehead atoms. The lowest BCUT2D eigenvalue weighted by atomic mass is 9.91. The molecular formula is C59H46ClN27O16S4. The van der Waals surface area contributed by atoms with Gasteiger partial charge < -0.3 is 73.6 Å². The van der Waals surface area contributed by atoms with Crippen molar-refractivity contribution in [3.63, 3.8) is 0 Å². The van der Waals surface area contributed by atoms with Gasteiger partial charge in [-0.3, -0.25) is 0 Å². The van der Waals surface area contributed by atoms with E-state index in [9.17, 15) is 79.2 Å². The Kier molecular flexibility index (Phi) is 20.8. The van der Waals surface area contributed by atoms with E-state index in [1.165, 1.54) is 0 Å². The summed E-state index contributed by atoms with van der Waals surface area (Å²) < 4.78 is 2.59. The number of azo groups is 2. The molecule has 0 amide bonds. The molecule has 4 aromatic carbocycles. The Morgan fingerprint density at radius 1 is 0.393 bits per heavy atom. The Morgan fingerprint density at radius 3 is 0.897 bits per heavy atom. The number of anilines is 10. The zero-order valence-electron chi connectivity index (χ0n) is 54.8. The normalized spacial score (nSPS) is 11.6. The average molecular weight is 1550 g/mol. The number of hydrogen-bond acceptors (Lipinski definition) is 37. The molecule has 11 rings (SSSR count). The van der Waals surface area contributed by atoms with Crippen LogP contribution in [-0.2, 0) is 10.8 Å². The third kappa shape index (κ3) is 17.6. The number of nitrogen functional groups attached to an aromatic ring is 2. The molecule has 16 N–H and O–H groups in total. The van der Waals surface area contributed by atoms with E-state index in [1.807, 2.05) is 0 Å². The molecule has 11 aromatic rings. The summed E-state index contributed by atoms with van der Waals surface area (Å²) in [6.07, 6.45) is 0. The van der Waals surface area contributed by atoms with E-state index in [4.69, 9.17) is 23.1 Å². The standard InChI is InChI=1S/C59H46ClN27O16S4/c1-58(2,3)33-31(35(61)86(84-33)50-71-46(63-27-11-19(37(88)89)7-20(12-27)38(90)91)69-47(72-50)64-28-13-21(39(92)93)8-22(14-28)40(94)95)76-78-54-80-82-56(106-54)104-52-67-45(60)68-53(75-52)105-57-83-81-55(107-57)79-77-32-34(59(4,5)6)85-87(36(32)62)51-73-48(65-29-15-23(41(96)97)9-24(16-29)42(98)99)70-49(74-51)66-30-17-25(43(100)101)10-26(18-30)44(102)103/h7-18H,61-62H2,1-6H3,(H,88,89)(H,90,91)(H,92,93)(H,94,95)(H,96,97)(H,98,99)(H,100,101)(H,102,103)(H2,63,64,69,71,72)(H2,65,66,70,73,74). The maximum absolute atomic E-state index is 12.0. The maximum atomic E-state index is 12.0. The van der Waals surface area contributed by atoms with E-state index in [0.29, 0.717) is 0 Å². The van der Waals surface area contributed by atoms with E-state index in [0.717, 1.165) is 128 Å². The van der Waals surface area contributed by atoms with Gasteiger partial charge in [-0.15, -0.1) is 40.9 Å². The molecule has 107 heavy (non-hydrogen) atoms. The van der Waals surface area contributed by atoms with Crippen molar-refractivity contribution in [3.8, 4) is 11.9 Å². The maximum Gasteiger partial charge on any atom is 0.335 e. The smallest absolute Gasteiger partial charge is 0.335 e. The number of carboxylic acids is 8. The van der Waals surface area contributed by atoms with E-state index >= 15 is 0 Å². The van der Waals surface area contributed by atoms with Gasteiger partial charge in [-0.2, -0.15) is 64.4 Å². The summed E-state index contributed by atoms with van der Waals surface area (Å²) in [6, 6.07) is 12.5. The van der Waals surface area contributed by atoms with Gasteiger partial charge in [0.25, 0.3) is 22.2 Å². The molecule has 0 radical (unpaired) electrons. The van der Waals surface area contributed by atoms with E-state index in [2.05, 4.69) is 117 Å². The minimum Gasteiger partial charge on any atom is -0.478 e. The van der Waals surface area contributed by atoms with Crippen molar-refractivity contribution in [1.82, 2.24) is 84.8 Å². The van der Waals surface area contributed by atoms with Crippen molar-refractivity contribution in [2.75, 3.05) is 32.7 Å². The van der Waals surface area contributed by atoms with Crippen LogP contribution >= 0.6 is 57.8 Å². The molecule has 0 aliphatic rings. The zero-order chi connectivity index (χ0) is 77.2. The highest BCUT2D eigenvalue weighted by Gasteiger charge is 2.31. The number of carbonyl (C=O) groups is 8. The third-order valence-electron chi connectivity index (χ3n) is 13.8. The van der Waals surface area contributed by atoms with Gasteiger partial charge in [0.05, 0.1) is 55.9 Å². The fourth-order valence-electron chi connectivity index (χ4n) is 9.12. The zero-order valence-corrected chi connectivity index (χ0v) is 58.9. The first-order chi connectivity index (χ1) is 50.5. The second-order valence-electron chi connectivity index (χ2n) is 23.7. The highest BCUT2D eigenvalue weighted by atomic mass is 35.5. The molecule has 0 aliphatic carbocycles. The third-order valence-corrected chi connectivity index (χ3v) is 17.4. The van der Waals surface area contributed by atoms with E-state index in [1.54, 1.807) is 41.5 Å². The van der Waals surface area contributed by atoms with Crippen LogP contribution in [0.25, 0.3) is 11.9 Å². The first-order valence-corrected chi connectivity index (χ1v) is 33.2. The number of nitrogens with zero attached hydrogens (tertiary/aromatic N) is 21. The molecule has 48 heteroatoms. The van der Waals surface area contributed by atoms with E-state index in [-0.39, 0.29) is 127 Å². The van der Waals surface area contributed by atoms with Gasteiger partial charge >= 0.3 is 47.8 Å². The van der Waals surface area contributed by atoms with Crippen molar-refractivity contribution in [1.29, 1.82) is 0 Å². The number of nitrogens with one attached hydrogen (secondary N) is 4. The number of benzene rings is 4. The Labute approximate surface area is 616 Å². The second kappa shape index (κ2) is 29.9. The molecule has 43 nitrogen and oxygen atoms in total. The molecule has 0 aliphatic heterocycles. The lowest BCUT2D eigenvalue weighted by Crippen LogP contribution is -2.15. The summed E-state index contributed by atoms with van der Waals surface area (Å²) in [5.41, 5.74) is 8.52. The summed E-state index contributed by atoms with van der Waals surface area (Å²) in [5.74, 6) is -14.3. The van der Waals surface area contributed by atoms with E-state index < -0.39 is 103 Å². The van der Waals surface area contributed by atoms with Crippen LogP contribution in [-0.4, -0.2) is 173 Å². The number of rotatable bonds is 26. The van der Waals surface area contributed by atoms with Crippen molar-refractivity contribution in [3.05, 3.63) is 134 Å². The second-order valence-corrected chi connectivity index (χ2v) is 28.3. The average Bonchev–Trinajstić information content (AvgIpc) is 1.64. The highest BCUT2D eigenvalue weighted by Crippen LogP contribution is 2.42. The van der Waals surface area contributed by atoms with Crippen LogP contribution in [0.4, 0.5) is 79.8 Å². The molecule has 0 fully saturated rings. The summed E-state index contributed by atoms with van der Waals surface area (Å²) in [5, 5.41) is 132. The molecule has 0 spiro atoms. The van der Waals surface area contributed by atoms with Gasteiger partial charge in [0.15, 0.2) is 42.0 Å². The topological polar surface area (TPSA) is 651 Å². The Balaban J connectivity index is 0.840. The van der Waals surface area contributed by atoms with Gasteiger partial charge in [0.1, 0.15) is 0 Å². The summed E-state index contributed by atoms with van der Waals surface area (Å²) >= 11 is 10.1. The van der Waals surface area contributed by atoms with Crippen molar-refractivity contribution < 1.29 is 79.2 Å². The minimum absolute atomic E-state index is 0.00235. The fraction of sp³-hybridized carbons (Fsp3) is 0.136. The number of hydrogen-bond donors (Lipinski definition) is 14. The predicted molar refractivity (Wildman–Crippen MR) is 376 cm³/mol. The molecule has 0 saturated heterocycles. The number of nitrogens with two attached hydrogens (primary N) is 2. The molecule has 0 unspecified atom stereocenters. The van der Waals surface area contributed by atoms with Crippen LogP contribution in [0.1, 0.15) is 136 Å². The van der Waals surface area contributed by atoms with Crippen LogP contribution in [0.2, 0.25) is 5.28 Å². The van der Waals surface area contributed by atoms with Gasteiger partial charge in [-0.25, -0.2) is 38.4 Å². The van der Waals surface area contributed by atoms with Crippen LogP contribution in [0.5, 0.6) is 0 Å². The predicted octanol–water partition coefficient (Wildman–Crippen LogP) is 10.4. The molecule has 0 atom stereocenters. The van der Waals surface area contributed by atoms with Gasteiger partial charge in [0, 0.05) is 33.6 Å². The number of halogens is 1. The van der Waals surface area contributed by atoms with Gasteiger partial charge in [0.2, 0.25) is 29.1 Å². The minimum atomic E-state index is -1.46. The number of carboxylic acid groups (broad SMARTS) is 8. The van der Waals surface area contributed by atoms with Crippen LogP contribution < -0.4 is 32.7 Å². The Hall–Kier alpha value is -13.8. The molecular weight excluding hydrogens is 1510 g/mol. The summed E-state index contributed by atoms with van der Waals surface area (Å²) in [7, 11) is 0. The largest absolute Gasteiger partial charge is 0.478 e. The van der Waals surface area contributed by atoms with Gasteiger partial charge in [-0.1, -0.05) is 64.2 Å². The molecule has 544 valence electrons. The first-order valence-electron chi connectivity index (χ1n) is 29.6. The first kappa shape index (κ1) is 74.4. The van der Waals surface area contributed by atoms with Crippen LogP contribution in [0, 0.1) is 0 Å². The summed E-state index contributed by atoms with van der Waals surface area (Å²) in [6.45, 7) is 10.7. The SMILES string of the molecule is CC(C)(C)c1nn(-c2nc(Nc3cc(C(=O)O)cc(C(=O)O)c3)nc(Nc3cc(C(=O)O)cc(C(=O)O)c3)n2)c(N)c1N=Nc1nnc(Sc2nc(Cl)nc(Sc3nnc(N=Nc4c(C(C)(C)C)nn(-c5nc(Nc6cc(C(=O)O)cc(C(=O)O)c6)nc(Nc6cc(C(=O)O)cc(C(=O)O)c6)n5)c4N)s3)n2)s1. The lowest BCUT2D eigenvalue weighted by Gasteiger charge is -2.15. The quantitative estimate of drug-likeness (QED) is 0.0224. The molecule has 7 heterocycles. The van der Waals surface area contributed by atoms with Crippen molar-refractivity contribution in [2.24, 2.45) is 20.5 Å². The van der Waals surface area contributed by atoms with Crippen molar-refractivity contribution >= 4 is 185 Å². The fourth-order valence-corrected chi connectivity index (χ4v) is 12.5. The Bertz CT molecular complexity index is 4950. The lowest BCUT2D eigenvalue weighted by molar-refractivity contribution is 0.0676. The molecule has 7 aromatic heterocycles.